The van der Waals surface area contributed by atoms with E-state index in [1.165, 1.54) is 7.11 Å². The van der Waals surface area contributed by atoms with Gasteiger partial charge in [0.1, 0.15) is 30.8 Å². The summed E-state index contributed by atoms with van der Waals surface area (Å²) in [5.74, 6) is 1.86. The van der Waals surface area contributed by atoms with Crippen molar-refractivity contribution in [2.45, 2.75) is 45.6 Å². The molecule has 3 N–H and O–H groups in total. The van der Waals surface area contributed by atoms with Crippen LogP contribution in [0.25, 0.3) is 23.0 Å². The zero-order valence-corrected chi connectivity index (χ0v) is 21.8. The third-order valence-electron chi connectivity index (χ3n) is 5.92. The Morgan fingerprint density at radius 1 is 1.11 bits per heavy atom. The second-order valence-electron chi connectivity index (χ2n) is 8.51. The van der Waals surface area contributed by atoms with Crippen LogP contribution in [0.3, 0.4) is 0 Å². The van der Waals surface area contributed by atoms with E-state index in [0.717, 1.165) is 24.1 Å². The van der Waals surface area contributed by atoms with Gasteiger partial charge in [0.15, 0.2) is 11.5 Å². The van der Waals surface area contributed by atoms with E-state index in [4.69, 9.17) is 28.8 Å². The summed E-state index contributed by atoms with van der Waals surface area (Å²) in [4.78, 5) is 20.5. The van der Waals surface area contributed by atoms with Crippen LogP contribution >= 0.6 is 0 Å². The van der Waals surface area contributed by atoms with E-state index < -0.39 is 18.6 Å². The number of carbonyl (C=O) groups excluding carboxylic acids is 1. The topological polar surface area (TPSA) is 149 Å². The molecule has 2 heterocycles. The van der Waals surface area contributed by atoms with Crippen LogP contribution in [0.2, 0.25) is 0 Å². The van der Waals surface area contributed by atoms with Crippen molar-refractivity contribution in [3.8, 4) is 40.2 Å². The Morgan fingerprint density at radius 3 is 2.51 bits per heavy atom. The average Bonchev–Trinajstić information content (AvgIpc) is 3.41. The molecule has 0 saturated carbocycles. The molecule has 0 saturated heterocycles. The van der Waals surface area contributed by atoms with Crippen LogP contribution in [0.5, 0.6) is 17.2 Å². The number of ether oxygens (including phenoxy) is 3. The molecule has 11 nitrogen and oxygen atoms in total. The first-order chi connectivity index (χ1) is 17.8. The number of aliphatic hydroxyl groups is 2. The van der Waals surface area contributed by atoms with E-state index in [0.29, 0.717) is 40.2 Å². The average molecular weight is 515 g/mol. The number of methoxy groups -OCH3 is 2. The molecule has 3 rings (SSSR count). The summed E-state index contributed by atoms with van der Waals surface area (Å²) in [6.45, 7) is 5.29. The van der Waals surface area contributed by atoms with Crippen molar-refractivity contribution in [2.75, 3.05) is 34.0 Å². The van der Waals surface area contributed by atoms with Crippen molar-refractivity contribution >= 4 is 5.91 Å². The van der Waals surface area contributed by atoms with Gasteiger partial charge in [0, 0.05) is 35.9 Å². The smallest absolute Gasteiger partial charge is 0.276 e. The maximum Gasteiger partial charge on any atom is 0.276 e. The van der Waals surface area contributed by atoms with Crippen molar-refractivity contribution in [2.24, 2.45) is 0 Å². The van der Waals surface area contributed by atoms with Crippen LogP contribution in [0, 0.1) is 6.92 Å². The lowest BCUT2D eigenvalue weighted by Crippen LogP contribution is -2.36. The summed E-state index contributed by atoms with van der Waals surface area (Å²) in [5, 5.41) is 25.4. The Kier molecular flexibility index (Phi) is 9.81. The molecule has 0 bridgehead atoms. The van der Waals surface area contributed by atoms with Crippen LogP contribution in [0.1, 0.15) is 43.9 Å². The van der Waals surface area contributed by atoms with Gasteiger partial charge in [-0.15, -0.1) is 0 Å². The standard InChI is InChI=1S/C26H34N4O7/c1-6-16(7-2)20-10-19(34-4)11-21(28-20)26-29-25(30-37-26)17-8-15(3)24(22(9-17)35-5)36-14-18(32)12-27-23(33)13-31/h8-11,16,18,31-32H,6-7,12-14H2,1-5H3,(H,27,33)/t18-/m0/s1. The van der Waals surface area contributed by atoms with Crippen LogP contribution in [-0.4, -0.2) is 71.3 Å². The molecule has 1 amide bonds. The van der Waals surface area contributed by atoms with Gasteiger partial charge in [0.2, 0.25) is 11.7 Å². The van der Waals surface area contributed by atoms with Crippen LogP contribution in [0.4, 0.5) is 0 Å². The third kappa shape index (κ3) is 6.95. The number of pyridine rings is 1. The van der Waals surface area contributed by atoms with Gasteiger partial charge < -0.3 is 34.3 Å². The molecule has 1 atom stereocenters. The molecule has 37 heavy (non-hydrogen) atoms. The Balaban J connectivity index is 1.83. The number of nitrogens with zero attached hydrogens (tertiary/aromatic N) is 3. The van der Waals surface area contributed by atoms with E-state index in [9.17, 15) is 9.90 Å². The molecule has 1 aromatic carbocycles. The number of hydrogen-bond donors (Lipinski definition) is 3. The molecule has 0 spiro atoms. The number of amides is 1. The SMILES string of the molecule is CCC(CC)c1cc(OC)cc(-c2nc(-c3cc(C)c(OC[C@@H](O)CNC(=O)CO)c(OC)c3)no2)n1. The summed E-state index contributed by atoms with van der Waals surface area (Å²) in [6, 6.07) is 7.23. The molecular weight excluding hydrogens is 480 g/mol. The zero-order chi connectivity index (χ0) is 26.9. The van der Waals surface area contributed by atoms with E-state index in [-0.39, 0.29) is 19.0 Å². The second-order valence-corrected chi connectivity index (χ2v) is 8.51. The third-order valence-corrected chi connectivity index (χ3v) is 5.92. The van der Waals surface area contributed by atoms with Crippen LogP contribution < -0.4 is 19.5 Å². The summed E-state index contributed by atoms with van der Waals surface area (Å²) in [5.41, 5.74) is 2.82. The van der Waals surface area contributed by atoms with Gasteiger partial charge in [-0.2, -0.15) is 4.98 Å². The lowest BCUT2D eigenvalue weighted by Gasteiger charge is -2.17. The summed E-state index contributed by atoms with van der Waals surface area (Å²) in [7, 11) is 3.11. The zero-order valence-electron chi connectivity index (χ0n) is 21.8. The van der Waals surface area contributed by atoms with Crippen molar-refractivity contribution < 1.29 is 33.7 Å². The van der Waals surface area contributed by atoms with Gasteiger partial charge >= 0.3 is 0 Å². The fourth-order valence-corrected chi connectivity index (χ4v) is 3.85. The molecule has 0 aliphatic heterocycles. The summed E-state index contributed by atoms with van der Waals surface area (Å²) < 4.78 is 22.3. The molecule has 11 heteroatoms. The summed E-state index contributed by atoms with van der Waals surface area (Å²) >= 11 is 0. The van der Waals surface area contributed by atoms with Crippen molar-refractivity contribution in [3.05, 3.63) is 35.5 Å². The molecular formula is C26H34N4O7. The molecule has 2 aromatic heterocycles. The Labute approximate surface area is 215 Å². The first-order valence-electron chi connectivity index (χ1n) is 12.1. The monoisotopic (exact) mass is 514 g/mol. The number of aryl methyl sites for hydroxylation is 1. The molecule has 0 aliphatic rings. The fourth-order valence-electron chi connectivity index (χ4n) is 3.85. The summed E-state index contributed by atoms with van der Waals surface area (Å²) in [6.07, 6.45) is 0.930. The molecule has 0 unspecified atom stereocenters. The lowest BCUT2D eigenvalue weighted by atomic mass is 9.98. The van der Waals surface area contributed by atoms with Crippen molar-refractivity contribution in [1.82, 2.24) is 20.4 Å². The number of aromatic nitrogens is 3. The highest BCUT2D eigenvalue weighted by Gasteiger charge is 2.20. The van der Waals surface area contributed by atoms with Crippen molar-refractivity contribution in [1.29, 1.82) is 0 Å². The van der Waals surface area contributed by atoms with Gasteiger partial charge in [0.25, 0.3) is 5.89 Å². The van der Waals surface area contributed by atoms with Gasteiger partial charge in [-0.3, -0.25) is 4.79 Å². The maximum atomic E-state index is 11.2. The number of aliphatic hydroxyl groups excluding tert-OH is 2. The van der Waals surface area contributed by atoms with Gasteiger partial charge in [-0.25, -0.2) is 4.98 Å². The molecule has 0 radical (unpaired) electrons. The highest BCUT2D eigenvalue weighted by atomic mass is 16.5. The Bertz CT molecular complexity index is 1190. The minimum atomic E-state index is -0.973. The predicted molar refractivity (Wildman–Crippen MR) is 136 cm³/mol. The first-order valence-corrected chi connectivity index (χ1v) is 12.1. The van der Waals surface area contributed by atoms with E-state index >= 15 is 0 Å². The van der Waals surface area contributed by atoms with E-state index in [1.54, 1.807) is 19.2 Å². The highest BCUT2D eigenvalue weighted by Crippen LogP contribution is 2.36. The highest BCUT2D eigenvalue weighted by molar-refractivity contribution is 5.76. The minimum absolute atomic E-state index is 0.0538. The molecule has 0 fully saturated rings. The van der Waals surface area contributed by atoms with Gasteiger partial charge in [0.05, 0.1) is 14.2 Å². The largest absolute Gasteiger partial charge is 0.497 e. The predicted octanol–water partition coefficient (Wildman–Crippen LogP) is 2.88. The number of hydrogen-bond acceptors (Lipinski definition) is 10. The normalized spacial score (nSPS) is 11.9. The van der Waals surface area contributed by atoms with Gasteiger partial charge in [-0.05, 0) is 37.5 Å². The quantitative estimate of drug-likeness (QED) is 0.311. The first kappa shape index (κ1) is 27.9. The number of rotatable bonds is 13. The van der Waals surface area contributed by atoms with Crippen LogP contribution in [-0.2, 0) is 4.79 Å². The van der Waals surface area contributed by atoms with E-state index in [2.05, 4.69) is 29.3 Å². The number of carbonyl (C=O) groups is 1. The van der Waals surface area contributed by atoms with E-state index in [1.807, 2.05) is 19.1 Å². The lowest BCUT2D eigenvalue weighted by molar-refractivity contribution is -0.124. The minimum Gasteiger partial charge on any atom is -0.497 e. The number of nitrogens with one attached hydrogen (secondary N) is 1. The molecule has 0 aliphatic carbocycles. The fraction of sp³-hybridized carbons (Fsp3) is 0.462. The van der Waals surface area contributed by atoms with Crippen molar-refractivity contribution in [3.63, 3.8) is 0 Å². The van der Waals surface area contributed by atoms with Crippen LogP contribution in [0.15, 0.2) is 28.8 Å². The Morgan fingerprint density at radius 2 is 1.86 bits per heavy atom. The Hall–Kier alpha value is -3.70. The maximum absolute atomic E-state index is 11.2. The molecule has 200 valence electrons. The molecule has 3 aromatic rings. The van der Waals surface area contributed by atoms with Gasteiger partial charge in [-0.1, -0.05) is 19.0 Å². The number of benzene rings is 1. The second kappa shape index (κ2) is 13.0.